The zero-order chi connectivity index (χ0) is 32.8. The third-order valence-electron chi connectivity index (χ3n) is 10.2. The lowest BCUT2D eigenvalue weighted by Gasteiger charge is -2.13. The summed E-state index contributed by atoms with van der Waals surface area (Å²) in [5.41, 5.74) is 7.54. The minimum atomic E-state index is 0.721. The maximum atomic E-state index is 5.27. The summed E-state index contributed by atoms with van der Waals surface area (Å²) in [6.07, 6.45) is 0. The second-order valence-electron chi connectivity index (χ2n) is 12.9. The number of para-hydroxylation sites is 1. The van der Waals surface area contributed by atoms with Crippen LogP contribution in [0.5, 0.6) is 0 Å². The number of hydrogen-bond donors (Lipinski definition) is 0. The Morgan fingerprint density at radius 2 is 1.10 bits per heavy atom. The van der Waals surface area contributed by atoms with Gasteiger partial charge in [0, 0.05) is 48.4 Å². The smallest absolute Gasteiger partial charge is 0.160 e. The molecule has 0 radical (unpaired) electrons. The van der Waals surface area contributed by atoms with Crippen LogP contribution in [-0.4, -0.2) is 14.5 Å². The van der Waals surface area contributed by atoms with Crippen molar-refractivity contribution in [3.8, 4) is 28.3 Å². The minimum absolute atomic E-state index is 0.721. The minimum Gasteiger partial charge on any atom is -0.308 e. The largest absolute Gasteiger partial charge is 0.308 e. The van der Waals surface area contributed by atoms with Crippen LogP contribution >= 0.6 is 11.3 Å². The molecule has 3 nitrogen and oxygen atoms in total. The van der Waals surface area contributed by atoms with E-state index >= 15 is 0 Å². The first-order valence-corrected chi connectivity index (χ1v) is 17.7. The van der Waals surface area contributed by atoms with Crippen LogP contribution in [0.1, 0.15) is 0 Å². The Morgan fingerprint density at radius 1 is 0.440 bits per heavy atom. The molecule has 3 heterocycles. The number of rotatable bonds is 3. The van der Waals surface area contributed by atoms with Crippen molar-refractivity contribution < 1.29 is 0 Å². The predicted octanol–water partition coefficient (Wildman–Crippen LogP) is 12.7. The van der Waals surface area contributed by atoms with Gasteiger partial charge in [-0.1, -0.05) is 121 Å². The second-order valence-corrected chi connectivity index (χ2v) is 14.0. The molecule has 0 atom stereocenters. The van der Waals surface area contributed by atoms with E-state index in [-0.39, 0.29) is 0 Å². The molecule has 0 aliphatic rings. The van der Waals surface area contributed by atoms with E-state index in [4.69, 9.17) is 9.97 Å². The van der Waals surface area contributed by atoms with Gasteiger partial charge in [-0.25, -0.2) is 9.97 Å². The number of fused-ring (bicyclic) bond motifs is 13. The van der Waals surface area contributed by atoms with Crippen LogP contribution in [0.15, 0.2) is 164 Å². The summed E-state index contributed by atoms with van der Waals surface area (Å²) >= 11 is 1.89. The fourth-order valence-electron chi connectivity index (χ4n) is 7.99. The van der Waals surface area contributed by atoms with Gasteiger partial charge >= 0.3 is 0 Å². The molecular formula is C46H27N3S. The summed E-state index contributed by atoms with van der Waals surface area (Å²) in [6, 6.07) is 58.6. The average molecular weight is 654 g/mol. The van der Waals surface area contributed by atoms with Gasteiger partial charge in [-0.05, 0) is 64.0 Å². The van der Waals surface area contributed by atoms with Gasteiger partial charge in [0.25, 0.3) is 0 Å². The van der Waals surface area contributed by atoms with Crippen molar-refractivity contribution in [2.24, 2.45) is 0 Å². The summed E-state index contributed by atoms with van der Waals surface area (Å²) in [6.45, 7) is 0. The molecule has 0 fully saturated rings. The molecule has 0 spiro atoms. The highest BCUT2D eigenvalue weighted by Gasteiger charge is 2.22. The summed E-state index contributed by atoms with van der Waals surface area (Å²) in [7, 11) is 0. The van der Waals surface area contributed by atoms with Crippen LogP contribution < -0.4 is 0 Å². The quantitative estimate of drug-likeness (QED) is 0.178. The topological polar surface area (TPSA) is 30.7 Å². The van der Waals surface area contributed by atoms with Gasteiger partial charge in [0.05, 0.1) is 26.9 Å². The molecular weight excluding hydrogens is 627 g/mol. The average Bonchev–Trinajstić information content (AvgIpc) is 3.75. The summed E-state index contributed by atoms with van der Waals surface area (Å²) < 4.78 is 5.09. The van der Waals surface area contributed by atoms with Gasteiger partial charge in [0.2, 0.25) is 0 Å². The summed E-state index contributed by atoms with van der Waals surface area (Å²) in [5.74, 6) is 0.721. The summed E-state index contributed by atoms with van der Waals surface area (Å²) in [5, 5.41) is 11.2. The highest BCUT2D eigenvalue weighted by atomic mass is 32.1. The van der Waals surface area contributed by atoms with Gasteiger partial charge < -0.3 is 4.57 Å². The van der Waals surface area contributed by atoms with Gasteiger partial charge in [0.15, 0.2) is 5.82 Å². The monoisotopic (exact) mass is 653 g/mol. The summed E-state index contributed by atoms with van der Waals surface area (Å²) in [4.78, 5) is 10.4. The number of aromatic nitrogens is 3. The van der Waals surface area contributed by atoms with Crippen molar-refractivity contribution >= 4 is 85.8 Å². The number of benzene rings is 8. The molecule has 0 unspecified atom stereocenters. The van der Waals surface area contributed by atoms with Crippen molar-refractivity contribution in [1.29, 1.82) is 0 Å². The van der Waals surface area contributed by atoms with E-state index in [9.17, 15) is 0 Å². The predicted molar refractivity (Wildman–Crippen MR) is 213 cm³/mol. The second kappa shape index (κ2) is 10.6. The zero-order valence-corrected chi connectivity index (χ0v) is 27.7. The van der Waals surface area contributed by atoms with E-state index in [2.05, 4.69) is 168 Å². The zero-order valence-electron chi connectivity index (χ0n) is 26.8. The molecule has 232 valence electrons. The first-order chi connectivity index (χ1) is 24.8. The van der Waals surface area contributed by atoms with E-state index in [1.54, 1.807) is 0 Å². The maximum Gasteiger partial charge on any atom is 0.160 e. The first kappa shape index (κ1) is 27.6. The van der Waals surface area contributed by atoms with Crippen molar-refractivity contribution in [1.82, 2.24) is 14.5 Å². The number of thiophene rings is 1. The Morgan fingerprint density at radius 3 is 1.92 bits per heavy atom. The Bertz CT molecular complexity index is 3140. The molecule has 0 saturated heterocycles. The molecule has 0 aliphatic heterocycles. The van der Waals surface area contributed by atoms with Crippen LogP contribution in [0, 0.1) is 0 Å². The molecule has 0 aliphatic carbocycles. The normalized spacial score (nSPS) is 12.0. The standard InChI is InChI=1S/C46H27N3S/c1-2-13-29(14-3-1)43-42-32-15-5-4-12-28(32)24-27-37(42)47-46(48-43)30-22-25-31(26-23-30)49-38-20-10-8-18-35(38)40-33-16-6-7-17-34(33)41-36-19-9-11-21-39(36)50-45(41)44(40)49/h1-27H. The molecule has 50 heavy (non-hydrogen) atoms. The SMILES string of the molecule is c1ccc(-c2nc(-c3ccc(-n4c5ccccc5c5c6ccccc6c6c7ccccc7sc6c54)cc3)nc3ccc4ccccc4c23)cc1. The van der Waals surface area contributed by atoms with Crippen LogP contribution in [0.25, 0.3) is 103 Å². The Hall–Kier alpha value is -6.36. The van der Waals surface area contributed by atoms with E-state index < -0.39 is 0 Å². The van der Waals surface area contributed by atoms with E-state index in [0.29, 0.717) is 0 Å². The highest BCUT2D eigenvalue weighted by molar-refractivity contribution is 7.27. The Labute approximate surface area is 291 Å². The fraction of sp³-hybridized carbons (Fsp3) is 0. The van der Waals surface area contributed by atoms with Crippen LogP contribution in [0.4, 0.5) is 0 Å². The maximum absolute atomic E-state index is 5.27. The molecule has 8 aromatic carbocycles. The van der Waals surface area contributed by atoms with E-state index in [1.165, 1.54) is 58.1 Å². The third kappa shape index (κ3) is 3.91. The lowest BCUT2D eigenvalue weighted by molar-refractivity contribution is 1.18. The lowest BCUT2D eigenvalue weighted by Crippen LogP contribution is -1.97. The molecule has 4 heteroatoms. The molecule has 11 rings (SSSR count). The third-order valence-corrected chi connectivity index (χ3v) is 11.3. The fourth-order valence-corrected chi connectivity index (χ4v) is 9.25. The molecule has 0 saturated carbocycles. The van der Waals surface area contributed by atoms with Crippen molar-refractivity contribution in [2.45, 2.75) is 0 Å². The molecule has 11 aromatic rings. The van der Waals surface area contributed by atoms with Gasteiger partial charge in [-0.2, -0.15) is 0 Å². The van der Waals surface area contributed by atoms with Crippen LogP contribution in [-0.2, 0) is 0 Å². The van der Waals surface area contributed by atoms with Crippen LogP contribution in [0.3, 0.4) is 0 Å². The lowest BCUT2D eigenvalue weighted by atomic mass is 9.99. The van der Waals surface area contributed by atoms with Crippen molar-refractivity contribution in [3.05, 3.63) is 164 Å². The number of hydrogen-bond acceptors (Lipinski definition) is 3. The first-order valence-electron chi connectivity index (χ1n) is 16.9. The molecule has 0 amide bonds. The van der Waals surface area contributed by atoms with Crippen molar-refractivity contribution in [2.75, 3.05) is 0 Å². The highest BCUT2D eigenvalue weighted by Crippen LogP contribution is 2.47. The molecule has 0 N–H and O–H groups in total. The Kier molecular flexibility index (Phi) is 5.83. The van der Waals surface area contributed by atoms with E-state index in [1.807, 2.05) is 11.3 Å². The molecule has 3 aromatic heterocycles. The molecule has 0 bridgehead atoms. The number of nitrogens with zero attached hydrogens (tertiary/aromatic N) is 3. The Balaban J connectivity index is 1.17. The van der Waals surface area contributed by atoms with E-state index in [0.717, 1.165) is 44.6 Å². The van der Waals surface area contributed by atoms with Gasteiger partial charge in [-0.15, -0.1) is 11.3 Å². The van der Waals surface area contributed by atoms with Crippen molar-refractivity contribution in [3.63, 3.8) is 0 Å². The van der Waals surface area contributed by atoms with Crippen LogP contribution in [0.2, 0.25) is 0 Å². The van der Waals surface area contributed by atoms with Gasteiger partial charge in [0.1, 0.15) is 0 Å². The van der Waals surface area contributed by atoms with Gasteiger partial charge in [-0.3, -0.25) is 0 Å².